The second-order valence-electron chi connectivity index (χ2n) is 5.25. The van der Waals surface area contributed by atoms with Crippen LogP contribution in [0.15, 0.2) is 60.4 Å². The van der Waals surface area contributed by atoms with E-state index in [0.29, 0.717) is 16.1 Å². The molecule has 0 saturated carbocycles. The van der Waals surface area contributed by atoms with Gasteiger partial charge in [0, 0.05) is 23.0 Å². The number of Topliss-reactive ketones (excluding diaryl/α,β-unsaturated/α-hetero) is 1. The highest BCUT2D eigenvalue weighted by Crippen LogP contribution is 2.33. The molecule has 0 spiro atoms. The first kappa shape index (κ1) is 17.2. The number of nitrogens with zero attached hydrogens (tertiary/aromatic N) is 1. The van der Waals surface area contributed by atoms with E-state index in [1.165, 1.54) is 12.4 Å². The molecule has 130 valence electrons. The fraction of sp³-hybridized carbons (Fsp3) is 0.125. The van der Waals surface area contributed by atoms with Crippen molar-refractivity contribution in [3.8, 4) is 0 Å². The number of nitrogens with two attached hydrogens (primary N) is 1. The number of benzene rings is 1. The van der Waals surface area contributed by atoms with Crippen LogP contribution < -0.4 is 5.73 Å². The van der Waals surface area contributed by atoms with Crippen molar-refractivity contribution in [1.82, 2.24) is 4.98 Å². The Bertz CT molecular complexity index is 927. The molecule has 2 aromatic rings. The predicted octanol–water partition coefficient (Wildman–Crippen LogP) is 2.05. The van der Waals surface area contributed by atoms with Crippen LogP contribution in [-0.4, -0.2) is 19.2 Å². The van der Waals surface area contributed by atoms with E-state index >= 15 is 0 Å². The van der Waals surface area contributed by atoms with Crippen LogP contribution in [0.2, 0.25) is 5.02 Å². The van der Waals surface area contributed by atoms with E-state index in [1.54, 1.807) is 36.4 Å². The van der Waals surface area contributed by atoms with Gasteiger partial charge in [0.2, 0.25) is 17.4 Å². The normalized spacial score (nSPS) is 17.5. The molecule has 7 nitrogen and oxygen atoms in total. The molecular weight excluding hydrogens is 368 g/mol. The topological polar surface area (TPSA) is 109 Å². The van der Waals surface area contributed by atoms with E-state index in [1.807, 2.05) is 0 Å². The zero-order valence-corrected chi connectivity index (χ0v) is 14.3. The Kier molecular flexibility index (Phi) is 4.65. The Balaban J connectivity index is 1.77. The number of carbonyl (C=O) groups is 1. The molecule has 0 radical (unpaired) electrons. The van der Waals surface area contributed by atoms with Crippen LogP contribution in [0.1, 0.15) is 17.2 Å². The van der Waals surface area contributed by atoms with Gasteiger partial charge in [0.05, 0.1) is 0 Å². The Morgan fingerprint density at radius 2 is 1.96 bits per heavy atom. The van der Waals surface area contributed by atoms with Gasteiger partial charge >= 0.3 is 10.1 Å². The number of hydrogen-bond donors (Lipinski definition) is 1. The molecule has 2 heterocycles. The number of ketones is 1. The average Bonchev–Trinajstić information content (AvgIpc) is 2.84. The zero-order valence-electron chi connectivity index (χ0n) is 12.8. The summed E-state index contributed by atoms with van der Waals surface area (Å²) in [5.41, 5.74) is 6.54. The Morgan fingerprint density at radius 3 is 2.60 bits per heavy atom. The number of aromatic nitrogens is 1. The van der Waals surface area contributed by atoms with Crippen LogP contribution in [0.3, 0.4) is 0 Å². The number of rotatable bonds is 5. The van der Waals surface area contributed by atoms with E-state index in [2.05, 4.69) is 4.98 Å². The molecule has 1 aliphatic heterocycles. The Morgan fingerprint density at radius 1 is 1.24 bits per heavy atom. The second-order valence-corrected chi connectivity index (χ2v) is 7.26. The van der Waals surface area contributed by atoms with Crippen molar-refractivity contribution < 1.29 is 22.1 Å². The first-order chi connectivity index (χ1) is 11.9. The molecule has 0 saturated heterocycles. The van der Waals surface area contributed by atoms with Gasteiger partial charge in [0.1, 0.15) is 5.75 Å². The SMILES string of the molecule is NC1=C(OS(=O)(=O)Cc2cccnc2)C(=O)C(c2ccc(Cl)cc2)O1. The number of hydrogen-bond acceptors (Lipinski definition) is 7. The van der Waals surface area contributed by atoms with E-state index in [4.69, 9.17) is 26.3 Å². The van der Waals surface area contributed by atoms with Gasteiger partial charge in [0.15, 0.2) is 6.10 Å². The van der Waals surface area contributed by atoms with E-state index in [9.17, 15) is 13.2 Å². The highest BCUT2D eigenvalue weighted by atomic mass is 35.5. The number of pyridine rings is 1. The summed E-state index contributed by atoms with van der Waals surface area (Å²) in [6.45, 7) is 0. The van der Waals surface area contributed by atoms with Gasteiger partial charge in [-0.1, -0.05) is 29.8 Å². The lowest BCUT2D eigenvalue weighted by atomic mass is 10.1. The quantitative estimate of drug-likeness (QED) is 0.790. The maximum atomic E-state index is 12.4. The van der Waals surface area contributed by atoms with Crippen molar-refractivity contribution in [2.24, 2.45) is 5.73 Å². The number of carbonyl (C=O) groups excluding carboxylic acids is 1. The minimum Gasteiger partial charge on any atom is -0.460 e. The predicted molar refractivity (Wildman–Crippen MR) is 89.4 cm³/mol. The molecule has 2 N–H and O–H groups in total. The monoisotopic (exact) mass is 380 g/mol. The largest absolute Gasteiger partial charge is 0.460 e. The summed E-state index contributed by atoms with van der Waals surface area (Å²) in [6, 6.07) is 9.52. The highest BCUT2D eigenvalue weighted by molar-refractivity contribution is 7.86. The lowest BCUT2D eigenvalue weighted by molar-refractivity contribution is -0.123. The summed E-state index contributed by atoms with van der Waals surface area (Å²) in [7, 11) is -4.10. The van der Waals surface area contributed by atoms with Crippen molar-refractivity contribution in [2.45, 2.75) is 11.9 Å². The first-order valence-electron chi connectivity index (χ1n) is 7.13. The highest BCUT2D eigenvalue weighted by Gasteiger charge is 2.39. The molecule has 1 unspecified atom stereocenters. The molecule has 1 aliphatic rings. The van der Waals surface area contributed by atoms with Gasteiger partial charge in [-0.2, -0.15) is 8.42 Å². The van der Waals surface area contributed by atoms with Gasteiger partial charge in [-0.05, 0) is 23.8 Å². The summed E-state index contributed by atoms with van der Waals surface area (Å²) < 4.78 is 34.5. The van der Waals surface area contributed by atoms with Crippen molar-refractivity contribution >= 4 is 27.5 Å². The summed E-state index contributed by atoms with van der Waals surface area (Å²) in [5.74, 6) is -2.02. The zero-order chi connectivity index (χ0) is 18.0. The van der Waals surface area contributed by atoms with Crippen LogP contribution in [0.25, 0.3) is 0 Å². The minimum absolute atomic E-state index is 0.375. The molecule has 1 aromatic heterocycles. The van der Waals surface area contributed by atoms with Gasteiger partial charge in [-0.3, -0.25) is 9.78 Å². The standard InChI is InChI=1S/C16H13ClN2O5S/c17-12-5-3-11(4-6-12)14-13(20)15(16(18)23-14)24-25(21,22)9-10-2-1-7-19-8-10/h1-8,14H,9,18H2. The van der Waals surface area contributed by atoms with Gasteiger partial charge < -0.3 is 14.7 Å². The van der Waals surface area contributed by atoms with E-state index in [0.717, 1.165) is 0 Å². The fourth-order valence-electron chi connectivity index (χ4n) is 2.26. The Hall–Kier alpha value is -2.58. The average molecular weight is 381 g/mol. The molecule has 3 rings (SSSR count). The van der Waals surface area contributed by atoms with E-state index < -0.39 is 33.5 Å². The molecular formula is C16H13ClN2O5S. The molecule has 0 fully saturated rings. The van der Waals surface area contributed by atoms with Crippen LogP contribution in [0.4, 0.5) is 0 Å². The van der Waals surface area contributed by atoms with E-state index in [-0.39, 0.29) is 5.88 Å². The van der Waals surface area contributed by atoms with Gasteiger partial charge in [-0.15, -0.1) is 0 Å². The Labute approximate surface area is 149 Å². The van der Waals surface area contributed by atoms with Crippen molar-refractivity contribution in [3.05, 3.63) is 76.6 Å². The first-order valence-corrected chi connectivity index (χ1v) is 9.08. The smallest absolute Gasteiger partial charge is 0.313 e. The molecule has 1 aromatic carbocycles. The third-order valence-corrected chi connectivity index (χ3v) is 4.74. The summed E-state index contributed by atoms with van der Waals surface area (Å²) in [4.78, 5) is 16.3. The molecule has 25 heavy (non-hydrogen) atoms. The third kappa shape index (κ3) is 3.92. The molecule has 1 atom stereocenters. The van der Waals surface area contributed by atoms with Gasteiger partial charge in [0.25, 0.3) is 0 Å². The van der Waals surface area contributed by atoms with Crippen molar-refractivity contribution in [1.29, 1.82) is 0 Å². The van der Waals surface area contributed by atoms with Crippen molar-refractivity contribution in [2.75, 3.05) is 0 Å². The van der Waals surface area contributed by atoms with Crippen LogP contribution in [0.5, 0.6) is 0 Å². The minimum atomic E-state index is -4.10. The number of ether oxygens (including phenoxy) is 1. The summed E-state index contributed by atoms with van der Waals surface area (Å²) in [6.07, 6.45) is 1.84. The van der Waals surface area contributed by atoms with Crippen LogP contribution >= 0.6 is 11.6 Å². The van der Waals surface area contributed by atoms with Gasteiger partial charge in [-0.25, -0.2) is 0 Å². The lowest BCUT2D eigenvalue weighted by Gasteiger charge is -2.09. The van der Waals surface area contributed by atoms with Crippen LogP contribution in [-0.2, 0) is 29.6 Å². The summed E-state index contributed by atoms with van der Waals surface area (Å²) >= 11 is 5.81. The maximum Gasteiger partial charge on any atom is 0.313 e. The molecule has 0 amide bonds. The third-order valence-electron chi connectivity index (χ3n) is 3.38. The van der Waals surface area contributed by atoms with Crippen molar-refractivity contribution in [3.63, 3.8) is 0 Å². The molecule has 0 bridgehead atoms. The lowest BCUT2D eigenvalue weighted by Crippen LogP contribution is -2.16. The molecule has 0 aliphatic carbocycles. The van der Waals surface area contributed by atoms with Crippen LogP contribution in [0, 0.1) is 0 Å². The second kappa shape index (κ2) is 6.73. The maximum absolute atomic E-state index is 12.4. The fourth-order valence-corrected chi connectivity index (χ4v) is 3.44. The molecule has 9 heteroatoms. The summed E-state index contributed by atoms with van der Waals surface area (Å²) in [5, 5.41) is 0.491. The number of halogens is 1.